The normalized spacial score (nSPS) is 17.4. The van der Waals surface area contributed by atoms with Crippen molar-refractivity contribution in [1.82, 2.24) is 4.31 Å². The number of thioether (sulfide) groups is 1. The zero-order chi connectivity index (χ0) is 20.3. The maximum atomic E-state index is 13.1. The molecule has 0 saturated carbocycles. The zero-order valence-electron chi connectivity index (χ0n) is 15.4. The summed E-state index contributed by atoms with van der Waals surface area (Å²) >= 11 is 1.43. The molecule has 2 aromatic rings. The molecule has 1 atom stereocenters. The number of hydrogen-bond acceptors (Lipinski definition) is 7. The van der Waals surface area contributed by atoms with Crippen molar-refractivity contribution in [3.8, 4) is 11.5 Å². The zero-order valence-corrected chi connectivity index (χ0v) is 17.0. The standard InChI is InChI=1S/C18H20N2O6S2/c1-3-26-14-5-7-15(8-6-14)28(23,24)19-10-11-27-18(19)13-4-9-17(25-2)16(12-13)20(21)22/h4-9,12,18H,3,10-11H2,1-2H3/t18-/m1/s1. The second-order valence-electron chi connectivity index (χ2n) is 5.93. The lowest BCUT2D eigenvalue weighted by molar-refractivity contribution is -0.385. The van der Waals surface area contributed by atoms with Crippen molar-refractivity contribution in [3.63, 3.8) is 0 Å². The number of rotatable bonds is 7. The van der Waals surface area contributed by atoms with Gasteiger partial charge in [-0.05, 0) is 42.8 Å². The van der Waals surface area contributed by atoms with Crippen molar-refractivity contribution in [2.45, 2.75) is 17.2 Å². The minimum Gasteiger partial charge on any atom is -0.494 e. The van der Waals surface area contributed by atoms with Crippen molar-refractivity contribution in [1.29, 1.82) is 0 Å². The monoisotopic (exact) mass is 424 g/mol. The van der Waals surface area contributed by atoms with E-state index in [1.807, 2.05) is 6.92 Å². The summed E-state index contributed by atoms with van der Waals surface area (Å²) < 4.78 is 38.0. The molecule has 1 aliphatic heterocycles. The molecule has 8 nitrogen and oxygen atoms in total. The smallest absolute Gasteiger partial charge is 0.311 e. The number of benzene rings is 2. The van der Waals surface area contributed by atoms with E-state index in [4.69, 9.17) is 9.47 Å². The summed E-state index contributed by atoms with van der Waals surface area (Å²) in [6, 6.07) is 10.8. The fourth-order valence-corrected chi connectivity index (χ4v) is 6.21. The summed E-state index contributed by atoms with van der Waals surface area (Å²) in [5.41, 5.74) is 0.357. The third-order valence-corrected chi connectivity index (χ3v) is 7.55. The van der Waals surface area contributed by atoms with Crippen molar-refractivity contribution in [2.24, 2.45) is 0 Å². The summed E-state index contributed by atoms with van der Waals surface area (Å²) in [6.07, 6.45) is 0. The fraction of sp³-hybridized carbons (Fsp3) is 0.333. The van der Waals surface area contributed by atoms with Gasteiger partial charge >= 0.3 is 5.69 Å². The predicted octanol–water partition coefficient (Wildman–Crippen LogP) is 3.44. The molecule has 10 heteroatoms. The highest BCUT2D eigenvalue weighted by atomic mass is 32.2. The van der Waals surface area contributed by atoms with Gasteiger partial charge in [-0.1, -0.05) is 6.07 Å². The lowest BCUT2D eigenvalue weighted by Crippen LogP contribution is -2.30. The first-order chi connectivity index (χ1) is 13.4. The summed E-state index contributed by atoms with van der Waals surface area (Å²) in [6.45, 7) is 2.67. The molecule has 0 bridgehead atoms. The van der Waals surface area contributed by atoms with Gasteiger partial charge in [-0.2, -0.15) is 4.31 Å². The number of nitro groups is 1. The van der Waals surface area contributed by atoms with E-state index in [2.05, 4.69) is 0 Å². The van der Waals surface area contributed by atoms with Gasteiger partial charge in [-0.3, -0.25) is 10.1 Å². The number of methoxy groups -OCH3 is 1. The van der Waals surface area contributed by atoms with E-state index in [-0.39, 0.29) is 16.3 Å². The van der Waals surface area contributed by atoms with E-state index in [1.165, 1.54) is 47.4 Å². The molecular formula is C18H20N2O6S2. The Morgan fingerprint density at radius 2 is 1.96 bits per heavy atom. The third kappa shape index (κ3) is 3.94. The SMILES string of the molecule is CCOc1ccc(S(=O)(=O)N2CCS[C@@H]2c2ccc(OC)c([N+](=O)[O-])c2)cc1. The van der Waals surface area contributed by atoms with Gasteiger partial charge in [-0.15, -0.1) is 11.8 Å². The summed E-state index contributed by atoms with van der Waals surface area (Å²) in [5.74, 6) is 1.33. The van der Waals surface area contributed by atoms with Crippen LogP contribution in [0.2, 0.25) is 0 Å². The Morgan fingerprint density at radius 3 is 2.57 bits per heavy atom. The largest absolute Gasteiger partial charge is 0.494 e. The highest BCUT2D eigenvalue weighted by molar-refractivity contribution is 8.01. The average Bonchev–Trinajstić information content (AvgIpc) is 3.19. The molecule has 1 heterocycles. The van der Waals surface area contributed by atoms with Gasteiger partial charge in [0.25, 0.3) is 0 Å². The number of ether oxygens (including phenoxy) is 2. The maximum absolute atomic E-state index is 13.1. The minimum atomic E-state index is -3.76. The molecule has 28 heavy (non-hydrogen) atoms. The van der Waals surface area contributed by atoms with Crippen LogP contribution in [0.3, 0.4) is 0 Å². The Bertz CT molecular complexity index is 963. The van der Waals surface area contributed by atoms with Crippen LogP contribution in [0, 0.1) is 10.1 Å². The van der Waals surface area contributed by atoms with Crippen LogP contribution in [0.15, 0.2) is 47.4 Å². The molecule has 1 fully saturated rings. The van der Waals surface area contributed by atoms with Gasteiger partial charge in [0.15, 0.2) is 5.75 Å². The van der Waals surface area contributed by atoms with Gasteiger partial charge in [0.05, 0.1) is 28.9 Å². The van der Waals surface area contributed by atoms with Gasteiger partial charge in [0, 0.05) is 18.4 Å². The Morgan fingerprint density at radius 1 is 1.25 bits per heavy atom. The molecular weight excluding hydrogens is 404 g/mol. The molecule has 0 aromatic heterocycles. The lowest BCUT2D eigenvalue weighted by atomic mass is 10.2. The van der Waals surface area contributed by atoms with Crippen LogP contribution in [0.5, 0.6) is 11.5 Å². The van der Waals surface area contributed by atoms with Crippen LogP contribution in [0.4, 0.5) is 5.69 Å². The Balaban J connectivity index is 1.94. The Hall–Kier alpha value is -2.30. The summed E-state index contributed by atoms with van der Waals surface area (Å²) in [5, 5.41) is 10.8. The quantitative estimate of drug-likeness (QED) is 0.496. The van der Waals surface area contributed by atoms with Crippen molar-refractivity contribution in [2.75, 3.05) is 26.0 Å². The van der Waals surface area contributed by atoms with Crippen LogP contribution in [0.25, 0.3) is 0 Å². The van der Waals surface area contributed by atoms with Crippen molar-refractivity contribution < 1.29 is 22.8 Å². The topological polar surface area (TPSA) is 99.0 Å². The fourth-order valence-electron chi connectivity index (χ4n) is 2.98. The average molecular weight is 425 g/mol. The molecule has 3 rings (SSSR count). The summed E-state index contributed by atoms with van der Waals surface area (Å²) in [4.78, 5) is 10.9. The van der Waals surface area contributed by atoms with Gasteiger partial charge in [0.1, 0.15) is 5.75 Å². The second kappa shape index (κ2) is 8.38. The first kappa shape index (κ1) is 20.4. The molecule has 0 N–H and O–H groups in total. The third-order valence-electron chi connectivity index (χ3n) is 4.28. The Labute approximate surface area is 167 Å². The number of nitro benzene ring substituents is 1. The highest BCUT2D eigenvalue weighted by Gasteiger charge is 2.37. The second-order valence-corrected chi connectivity index (χ2v) is 9.01. The molecule has 0 amide bonds. The molecule has 150 valence electrons. The van der Waals surface area contributed by atoms with E-state index in [9.17, 15) is 18.5 Å². The molecule has 0 radical (unpaired) electrons. The van der Waals surface area contributed by atoms with Crippen LogP contribution in [-0.4, -0.2) is 43.7 Å². The van der Waals surface area contributed by atoms with Gasteiger partial charge in [-0.25, -0.2) is 8.42 Å². The molecule has 1 aliphatic rings. The van der Waals surface area contributed by atoms with Crippen LogP contribution in [-0.2, 0) is 10.0 Å². The van der Waals surface area contributed by atoms with Crippen LogP contribution < -0.4 is 9.47 Å². The van der Waals surface area contributed by atoms with Crippen LogP contribution >= 0.6 is 11.8 Å². The van der Waals surface area contributed by atoms with Crippen molar-refractivity contribution in [3.05, 3.63) is 58.1 Å². The predicted molar refractivity (Wildman–Crippen MR) is 106 cm³/mol. The Kier molecular flexibility index (Phi) is 6.11. The molecule has 2 aromatic carbocycles. The number of hydrogen-bond donors (Lipinski definition) is 0. The number of nitrogens with zero attached hydrogens (tertiary/aromatic N) is 2. The van der Waals surface area contributed by atoms with Gasteiger partial charge in [0.2, 0.25) is 10.0 Å². The van der Waals surface area contributed by atoms with E-state index >= 15 is 0 Å². The lowest BCUT2D eigenvalue weighted by Gasteiger charge is -2.23. The molecule has 0 unspecified atom stereocenters. The summed E-state index contributed by atoms with van der Waals surface area (Å²) in [7, 11) is -2.40. The maximum Gasteiger partial charge on any atom is 0.311 e. The number of sulfonamides is 1. The molecule has 0 aliphatic carbocycles. The highest BCUT2D eigenvalue weighted by Crippen LogP contribution is 2.43. The molecule has 0 spiro atoms. The first-order valence-corrected chi connectivity index (χ1v) is 11.1. The minimum absolute atomic E-state index is 0.137. The first-order valence-electron chi connectivity index (χ1n) is 8.57. The van der Waals surface area contributed by atoms with E-state index in [0.29, 0.717) is 30.2 Å². The van der Waals surface area contributed by atoms with Crippen LogP contribution in [0.1, 0.15) is 17.9 Å². The van der Waals surface area contributed by atoms with E-state index < -0.39 is 20.3 Å². The van der Waals surface area contributed by atoms with Crippen molar-refractivity contribution >= 4 is 27.5 Å². The van der Waals surface area contributed by atoms with E-state index in [1.54, 1.807) is 18.2 Å². The van der Waals surface area contributed by atoms with Gasteiger partial charge < -0.3 is 9.47 Å². The van der Waals surface area contributed by atoms with E-state index in [0.717, 1.165) is 0 Å². The molecule has 1 saturated heterocycles.